The molecule has 1 heteroatoms. The van der Waals surface area contributed by atoms with Crippen LogP contribution in [0.4, 0.5) is 0 Å². The second kappa shape index (κ2) is 4.80. The minimum atomic E-state index is 0.646. The van der Waals surface area contributed by atoms with Crippen molar-refractivity contribution in [3.63, 3.8) is 0 Å². The van der Waals surface area contributed by atoms with Crippen LogP contribution in [0.25, 0.3) is 0 Å². The predicted molar refractivity (Wildman–Crippen MR) is 65.2 cm³/mol. The van der Waals surface area contributed by atoms with E-state index in [1.54, 1.807) is 0 Å². The highest BCUT2D eigenvalue weighted by Gasteiger charge is 2.14. The Labute approximate surface area is 92.9 Å². The number of hydrogen-bond acceptors (Lipinski definition) is 1. The van der Waals surface area contributed by atoms with Crippen molar-refractivity contribution in [3.8, 4) is 0 Å². The van der Waals surface area contributed by atoms with E-state index in [1.165, 1.54) is 37.1 Å². The second-order valence-corrected chi connectivity index (χ2v) is 4.96. The van der Waals surface area contributed by atoms with Crippen molar-refractivity contribution < 1.29 is 0 Å². The van der Waals surface area contributed by atoms with E-state index in [2.05, 4.69) is 43.4 Å². The van der Waals surface area contributed by atoms with E-state index in [0.717, 1.165) is 5.92 Å². The lowest BCUT2D eigenvalue weighted by Gasteiger charge is -2.10. The fourth-order valence-electron chi connectivity index (χ4n) is 2.26. The number of nitrogens with one attached hydrogen (secondary N) is 1. The first-order valence-electron chi connectivity index (χ1n) is 6.05. The van der Waals surface area contributed by atoms with Gasteiger partial charge in [-0.15, -0.1) is 0 Å². The highest BCUT2D eigenvalue weighted by Crippen LogP contribution is 2.18. The van der Waals surface area contributed by atoms with Crippen LogP contribution in [0.15, 0.2) is 24.3 Å². The van der Waals surface area contributed by atoms with Crippen molar-refractivity contribution in [2.45, 2.75) is 32.6 Å². The van der Waals surface area contributed by atoms with Crippen LogP contribution >= 0.6 is 0 Å². The molecule has 1 atom stereocenters. The van der Waals surface area contributed by atoms with Gasteiger partial charge in [-0.25, -0.2) is 0 Å². The largest absolute Gasteiger partial charge is 0.316 e. The lowest BCUT2D eigenvalue weighted by Crippen LogP contribution is -2.10. The normalized spacial score (nSPS) is 21.1. The van der Waals surface area contributed by atoms with Gasteiger partial charge in [-0.1, -0.05) is 38.1 Å². The van der Waals surface area contributed by atoms with Crippen molar-refractivity contribution in [2.24, 2.45) is 5.92 Å². The van der Waals surface area contributed by atoms with Gasteiger partial charge in [0, 0.05) is 0 Å². The molecule has 1 heterocycles. The molecule has 1 saturated heterocycles. The Balaban J connectivity index is 1.97. The Morgan fingerprint density at radius 2 is 2.00 bits per heavy atom. The SMILES string of the molecule is CC(C)c1ccc(CC2CCNC2)cc1. The fraction of sp³-hybridized carbons (Fsp3) is 0.571. The highest BCUT2D eigenvalue weighted by molar-refractivity contribution is 5.25. The van der Waals surface area contributed by atoms with Crippen LogP contribution in [0.3, 0.4) is 0 Å². The summed E-state index contributed by atoms with van der Waals surface area (Å²) in [6.07, 6.45) is 2.58. The van der Waals surface area contributed by atoms with Gasteiger partial charge < -0.3 is 5.32 Å². The van der Waals surface area contributed by atoms with E-state index in [0.29, 0.717) is 5.92 Å². The standard InChI is InChI=1S/C14H21N/c1-11(2)14-5-3-12(4-6-14)9-13-7-8-15-10-13/h3-6,11,13,15H,7-10H2,1-2H3. The molecule has 1 aromatic carbocycles. The van der Waals surface area contributed by atoms with Crippen LogP contribution in [0, 0.1) is 5.92 Å². The molecule has 0 aromatic heterocycles. The molecule has 2 rings (SSSR count). The van der Waals surface area contributed by atoms with Crippen molar-refractivity contribution in [1.29, 1.82) is 0 Å². The third-order valence-corrected chi connectivity index (χ3v) is 3.33. The van der Waals surface area contributed by atoms with Crippen molar-refractivity contribution in [1.82, 2.24) is 5.32 Å². The number of benzene rings is 1. The van der Waals surface area contributed by atoms with Gasteiger partial charge in [0.2, 0.25) is 0 Å². The van der Waals surface area contributed by atoms with Gasteiger partial charge in [0.25, 0.3) is 0 Å². The van der Waals surface area contributed by atoms with Crippen LogP contribution < -0.4 is 5.32 Å². The molecule has 1 aliphatic rings. The van der Waals surface area contributed by atoms with Gasteiger partial charge in [0.05, 0.1) is 0 Å². The van der Waals surface area contributed by atoms with Crippen molar-refractivity contribution in [3.05, 3.63) is 35.4 Å². The van der Waals surface area contributed by atoms with Crippen molar-refractivity contribution in [2.75, 3.05) is 13.1 Å². The summed E-state index contributed by atoms with van der Waals surface area (Å²) < 4.78 is 0. The Kier molecular flexibility index (Phi) is 3.42. The molecule has 0 bridgehead atoms. The van der Waals surface area contributed by atoms with Crippen LogP contribution in [0.5, 0.6) is 0 Å². The van der Waals surface area contributed by atoms with E-state index in [9.17, 15) is 0 Å². The maximum atomic E-state index is 3.42. The molecule has 0 saturated carbocycles. The molecule has 1 aromatic rings. The predicted octanol–water partition coefficient (Wildman–Crippen LogP) is 2.96. The average Bonchev–Trinajstić information content (AvgIpc) is 2.71. The second-order valence-electron chi connectivity index (χ2n) is 4.96. The molecule has 1 fully saturated rings. The molecule has 1 aliphatic heterocycles. The summed E-state index contributed by atoms with van der Waals surface area (Å²) in [6.45, 7) is 6.90. The third kappa shape index (κ3) is 2.82. The van der Waals surface area contributed by atoms with E-state index in [1.807, 2.05) is 0 Å². The Morgan fingerprint density at radius 1 is 1.27 bits per heavy atom. The van der Waals surface area contributed by atoms with Crippen LogP contribution in [-0.2, 0) is 6.42 Å². The zero-order chi connectivity index (χ0) is 10.7. The molecule has 1 N–H and O–H groups in total. The summed E-state index contributed by atoms with van der Waals surface area (Å²) in [5, 5.41) is 3.42. The lowest BCUT2D eigenvalue weighted by atomic mass is 9.96. The summed E-state index contributed by atoms with van der Waals surface area (Å²) in [4.78, 5) is 0. The third-order valence-electron chi connectivity index (χ3n) is 3.33. The first kappa shape index (κ1) is 10.7. The van der Waals surface area contributed by atoms with Crippen LogP contribution in [0.2, 0.25) is 0 Å². The Hall–Kier alpha value is -0.820. The Bertz CT molecular complexity index is 294. The Morgan fingerprint density at radius 3 is 2.53 bits per heavy atom. The van der Waals surface area contributed by atoms with Crippen LogP contribution in [0.1, 0.15) is 37.3 Å². The molecular formula is C14H21N. The lowest BCUT2D eigenvalue weighted by molar-refractivity contribution is 0.580. The van der Waals surface area contributed by atoms with Gasteiger partial charge in [0.15, 0.2) is 0 Å². The summed E-state index contributed by atoms with van der Waals surface area (Å²) in [5.41, 5.74) is 2.94. The zero-order valence-electron chi connectivity index (χ0n) is 9.79. The molecule has 1 unspecified atom stereocenters. The molecule has 1 nitrogen and oxygen atoms in total. The molecule has 0 aliphatic carbocycles. The molecular weight excluding hydrogens is 182 g/mol. The maximum absolute atomic E-state index is 3.42. The monoisotopic (exact) mass is 203 g/mol. The van der Waals surface area contributed by atoms with Crippen molar-refractivity contribution >= 4 is 0 Å². The summed E-state index contributed by atoms with van der Waals surface area (Å²) >= 11 is 0. The topological polar surface area (TPSA) is 12.0 Å². The molecule has 0 spiro atoms. The summed E-state index contributed by atoms with van der Waals surface area (Å²) in [7, 11) is 0. The van der Waals surface area contributed by atoms with E-state index in [4.69, 9.17) is 0 Å². The molecule has 0 amide bonds. The molecule has 0 radical (unpaired) electrons. The van der Waals surface area contributed by atoms with Gasteiger partial charge in [-0.2, -0.15) is 0 Å². The van der Waals surface area contributed by atoms with E-state index in [-0.39, 0.29) is 0 Å². The summed E-state index contributed by atoms with van der Waals surface area (Å²) in [6, 6.07) is 9.16. The fourth-order valence-corrected chi connectivity index (χ4v) is 2.26. The highest BCUT2D eigenvalue weighted by atomic mass is 14.9. The van der Waals surface area contributed by atoms with E-state index >= 15 is 0 Å². The van der Waals surface area contributed by atoms with Gasteiger partial charge in [-0.05, 0) is 48.9 Å². The quantitative estimate of drug-likeness (QED) is 0.796. The maximum Gasteiger partial charge on any atom is -0.00169 e. The first-order valence-corrected chi connectivity index (χ1v) is 6.05. The minimum absolute atomic E-state index is 0.646. The number of hydrogen-bond donors (Lipinski definition) is 1. The summed E-state index contributed by atoms with van der Waals surface area (Å²) in [5.74, 6) is 1.50. The zero-order valence-corrected chi connectivity index (χ0v) is 9.79. The van der Waals surface area contributed by atoms with Gasteiger partial charge in [-0.3, -0.25) is 0 Å². The smallest absolute Gasteiger partial charge is 0.00169 e. The molecule has 82 valence electrons. The first-order chi connectivity index (χ1) is 7.25. The van der Waals surface area contributed by atoms with E-state index < -0.39 is 0 Å². The minimum Gasteiger partial charge on any atom is -0.316 e. The van der Waals surface area contributed by atoms with Gasteiger partial charge >= 0.3 is 0 Å². The van der Waals surface area contributed by atoms with Crippen LogP contribution in [-0.4, -0.2) is 13.1 Å². The van der Waals surface area contributed by atoms with Gasteiger partial charge in [0.1, 0.15) is 0 Å². The number of rotatable bonds is 3. The molecule has 15 heavy (non-hydrogen) atoms. The average molecular weight is 203 g/mol.